The molecule has 1 aliphatic rings. The van der Waals surface area contributed by atoms with Crippen LogP contribution in [0.3, 0.4) is 0 Å². The Kier molecular flexibility index (Phi) is 6.13. The lowest BCUT2D eigenvalue weighted by molar-refractivity contribution is 0.0526. The number of fused-ring (bicyclic) bond motifs is 1. The number of esters is 1. The molecular weight excluding hydrogens is 412 g/mol. The number of hydrogen-bond donors (Lipinski definition) is 1. The molecule has 0 atom stereocenters. The predicted molar refractivity (Wildman–Crippen MR) is 115 cm³/mol. The molecule has 0 amide bonds. The van der Waals surface area contributed by atoms with Gasteiger partial charge in [0.05, 0.1) is 35.6 Å². The Morgan fingerprint density at radius 1 is 1.28 bits per heavy atom. The fraction of sp³-hybridized carbons (Fsp3) is 0.350. The van der Waals surface area contributed by atoms with Gasteiger partial charge in [0, 0.05) is 30.2 Å². The molecule has 4 rings (SSSR count). The summed E-state index contributed by atoms with van der Waals surface area (Å²) in [5, 5.41) is 3.63. The Morgan fingerprint density at radius 3 is 2.76 bits per heavy atom. The fourth-order valence-electron chi connectivity index (χ4n) is 3.14. The van der Waals surface area contributed by atoms with Crippen LogP contribution in [0.25, 0.3) is 10.2 Å². The first kappa shape index (κ1) is 19.9. The van der Waals surface area contributed by atoms with Crippen molar-refractivity contribution in [3.05, 3.63) is 46.1 Å². The van der Waals surface area contributed by atoms with Gasteiger partial charge in [0.2, 0.25) is 5.28 Å². The number of anilines is 2. The molecule has 1 aromatic carbocycles. The molecule has 152 valence electrons. The maximum atomic E-state index is 11.7. The maximum absolute atomic E-state index is 11.7. The zero-order chi connectivity index (χ0) is 20.2. The molecule has 29 heavy (non-hydrogen) atoms. The minimum absolute atomic E-state index is 0.255. The number of carbonyl (C=O) groups excluding carboxylic acids is 1. The van der Waals surface area contributed by atoms with E-state index in [4.69, 9.17) is 21.1 Å². The molecule has 1 N–H and O–H groups in total. The van der Waals surface area contributed by atoms with E-state index in [1.54, 1.807) is 30.4 Å². The van der Waals surface area contributed by atoms with Crippen LogP contribution in [0, 0.1) is 0 Å². The largest absolute Gasteiger partial charge is 0.462 e. The van der Waals surface area contributed by atoms with E-state index in [1.807, 2.05) is 18.2 Å². The van der Waals surface area contributed by atoms with Crippen molar-refractivity contribution < 1.29 is 14.3 Å². The smallest absolute Gasteiger partial charge is 0.338 e. The number of halogens is 1. The van der Waals surface area contributed by atoms with E-state index in [0.29, 0.717) is 31.9 Å². The van der Waals surface area contributed by atoms with Crippen LogP contribution in [0.5, 0.6) is 0 Å². The van der Waals surface area contributed by atoms with Gasteiger partial charge in [-0.2, -0.15) is 4.98 Å². The lowest BCUT2D eigenvalue weighted by Crippen LogP contribution is -2.36. The number of nitrogens with zero attached hydrogens (tertiary/aromatic N) is 3. The van der Waals surface area contributed by atoms with Crippen LogP contribution in [0.4, 0.5) is 11.5 Å². The van der Waals surface area contributed by atoms with E-state index in [0.717, 1.165) is 39.7 Å². The molecule has 1 aliphatic heterocycles. The topological polar surface area (TPSA) is 76.6 Å². The Labute approximate surface area is 177 Å². The van der Waals surface area contributed by atoms with Crippen molar-refractivity contribution in [2.75, 3.05) is 43.1 Å². The van der Waals surface area contributed by atoms with Crippen molar-refractivity contribution in [2.45, 2.75) is 13.5 Å². The zero-order valence-corrected chi connectivity index (χ0v) is 17.6. The number of aromatic nitrogens is 2. The summed E-state index contributed by atoms with van der Waals surface area (Å²) in [5.41, 5.74) is 2.32. The summed E-state index contributed by atoms with van der Waals surface area (Å²) in [7, 11) is 0. The van der Waals surface area contributed by atoms with Crippen LogP contribution in [-0.2, 0) is 16.0 Å². The van der Waals surface area contributed by atoms with Crippen molar-refractivity contribution in [3.8, 4) is 0 Å². The summed E-state index contributed by atoms with van der Waals surface area (Å²) in [5.74, 6) is 0.563. The number of ether oxygens (including phenoxy) is 2. The van der Waals surface area contributed by atoms with E-state index in [2.05, 4.69) is 20.2 Å². The van der Waals surface area contributed by atoms with Gasteiger partial charge in [-0.05, 0) is 48.9 Å². The minimum atomic E-state index is -0.311. The van der Waals surface area contributed by atoms with E-state index in [1.165, 1.54) is 0 Å². The standard InChI is InChI=1S/C20H21ClN4O3S/c1-2-28-19(26)13-3-5-14(6-4-13)22-12-15-11-16-17(29-15)18(24-20(21)23-16)25-7-9-27-10-8-25/h3-6,11,22H,2,7-10,12H2,1H3. The van der Waals surface area contributed by atoms with Crippen molar-refractivity contribution in [1.82, 2.24) is 9.97 Å². The molecule has 3 heterocycles. The molecule has 0 radical (unpaired) electrons. The molecule has 0 bridgehead atoms. The van der Waals surface area contributed by atoms with Crippen LogP contribution in [0.1, 0.15) is 22.2 Å². The molecule has 0 spiro atoms. The lowest BCUT2D eigenvalue weighted by atomic mass is 10.2. The second kappa shape index (κ2) is 8.94. The third-order valence-corrected chi connectivity index (χ3v) is 5.84. The first-order chi connectivity index (χ1) is 14.1. The fourth-order valence-corrected chi connectivity index (χ4v) is 4.36. The number of hydrogen-bond acceptors (Lipinski definition) is 8. The number of thiophene rings is 1. The molecule has 1 saturated heterocycles. The summed E-state index contributed by atoms with van der Waals surface area (Å²) in [6.07, 6.45) is 0. The van der Waals surface area contributed by atoms with Gasteiger partial charge in [-0.25, -0.2) is 9.78 Å². The van der Waals surface area contributed by atoms with Gasteiger partial charge in [0.25, 0.3) is 0 Å². The first-order valence-electron chi connectivity index (χ1n) is 9.43. The van der Waals surface area contributed by atoms with Crippen molar-refractivity contribution in [1.29, 1.82) is 0 Å². The highest BCUT2D eigenvalue weighted by Gasteiger charge is 2.19. The van der Waals surface area contributed by atoms with Gasteiger partial charge in [0.15, 0.2) is 5.82 Å². The van der Waals surface area contributed by atoms with Crippen molar-refractivity contribution in [2.24, 2.45) is 0 Å². The van der Waals surface area contributed by atoms with Gasteiger partial charge in [0.1, 0.15) is 0 Å². The molecule has 0 aliphatic carbocycles. The maximum Gasteiger partial charge on any atom is 0.338 e. The summed E-state index contributed by atoms with van der Waals surface area (Å²) < 4.78 is 11.5. The zero-order valence-electron chi connectivity index (χ0n) is 16.0. The second-order valence-electron chi connectivity index (χ2n) is 6.49. The van der Waals surface area contributed by atoms with Gasteiger partial charge < -0.3 is 19.7 Å². The average Bonchev–Trinajstić information content (AvgIpc) is 3.15. The van der Waals surface area contributed by atoms with Gasteiger partial charge in [-0.3, -0.25) is 0 Å². The number of benzene rings is 1. The molecule has 7 nitrogen and oxygen atoms in total. The Bertz CT molecular complexity index is 1000. The summed E-state index contributed by atoms with van der Waals surface area (Å²) in [4.78, 5) is 23.9. The van der Waals surface area contributed by atoms with Crippen LogP contribution in [-0.4, -0.2) is 48.8 Å². The van der Waals surface area contributed by atoms with Crippen molar-refractivity contribution >= 4 is 50.6 Å². The van der Waals surface area contributed by atoms with Crippen LogP contribution in [0.2, 0.25) is 5.28 Å². The molecule has 0 unspecified atom stereocenters. The van der Waals surface area contributed by atoms with E-state index >= 15 is 0 Å². The highest BCUT2D eigenvalue weighted by atomic mass is 35.5. The number of carbonyl (C=O) groups is 1. The molecule has 9 heteroatoms. The first-order valence-corrected chi connectivity index (χ1v) is 10.6. The van der Waals surface area contributed by atoms with E-state index in [9.17, 15) is 4.79 Å². The summed E-state index contributed by atoms with van der Waals surface area (Å²) >= 11 is 7.82. The average molecular weight is 433 g/mol. The monoisotopic (exact) mass is 432 g/mol. The third kappa shape index (κ3) is 4.60. The quantitative estimate of drug-likeness (QED) is 0.466. The number of nitrogens with one attached hydrogen (secondary N) is 1. The van der Waals surface area contributed by atoms with Crippen LogP contribution < -0.4 is 10.2 Å². The normalized spacial score (nSPS) is 14.2. The Hall–Kier alpha value is -2.42. The minimum Gasteiger partial charge on any atom is -0.462 e. The summed E-state index contributed by atoms with van der Waals surface area (Å²) in [6.45, 7) is 5.75. The number of rotatable bonds is 6. The van der Waals surface area contributed by atoms with Crippen LogP contribution >= 0.6 is 22.9 Å². The lowest BCUT2D eigenvalue weighted by Gasteiger charge is -2.28. The molecule has 2 aromatic heterocycles. The van der Waals surface area contributed by atoms with E-state index in [-0.39, 0.29) is 11.3 Å². The van der Waals surface area contributed by atoms with Crippen molar-refractivity contribution in [3.63, 3.8) is 0 Å². The molecular formula is C20H21ClN4O3S. The van der Waals surface area contributed by atoms with Gasteiger partial charge in [-0.1, -0.05) is 0 Å². The highest BCUT2D eigenvalue weighted by molar-refractivity contribution is 7.19. The van der Waals surface area contributed by atoms with Gasteiger partial charge >= 0.3 is 5.97 Å². The second-order valence-corrected chi connectivity index (χ2v) is 7.97. The molecule has 0 saturated carbocycles. The molecule has 3 aromatic rings. The predicted octanol–water partition coefficient (Wildman–Crippen LogP) is 3.97. The Morgan fingerprint density at radius 2 is 2.03 bits per heavy atom. The van der Waals surface area contributed by atoms with Gasteiger partial charge in [-0.15, -0.1) is 11.3 Å². The Balaban J connectivity index is 1.49. The van der Waals surface area contributed by atoms with E-state index < -0.39 is 0 Å². The van der Waals surface area contributed by atoms with Crippen LogP contribution in [0.15, 0.2) is 30.3 Å². The summed E-state index contributed by atoms with van der Waals surface area (Å²) in [6, 6.07) is 9.29. The molecule has 1 fully saturated rings. The SMILES string of the molecule is CCOC(=O)c1ccc(NCc2cc3nc(Cl)nc(N4CCOCC4)c3s2)cc1. The third-order valence-electron chi connectivity index (χ3n) is 4.55. The highest BCUT2D eigenvalue weighted by Crippen LogP contribution is 2.33. The number of morpholine rings is 1.